The fourth-order valence-electron chi connectivity index (χ4n) is 3.09. The number of fused-ring (bicyclic) bond motifs is 1. The van der Waals surface area contributed by atoms with Gasteiger partial charge in [-0.2, -0.15) is 8.75 Å². The van der Waals surface area contributed by atoms with E-state index in [2.05, 4.69) is 61.6 Å². The van der Waals surface area contributed by atoms with E-state index in [4.69, 9.17) is 8.83 Å². The van der Waals surface area contributed by atoms with Gasteiger partial charge in [-0.15, -0.1) is 0 Å². The first-order valence-corrected chi connectivity index (χ1v) is 10.1. The van der Waals surface area contributed by atoms with Crippen LogP contribution in [-0.2, 0) is 5.41 Å². The van der Waals surface area contributed by atoms with Crippen molar-refractivity contribution in [1.29, 1.82) is 0 Å². The fraction of sp³-hybridized carbons (Fsp3) is 0.364. The summed E-state index contributed by atoms with van der Waals surface area (Å²) in [6.45, 7) is 10.8. The Morgan fingerprint density at radius 2 is 1.48 bits per heavy atom. The minimum absolute atomic E-state index is 0.0129. The summed E-state index contributed by atoms with van der Waals surface area (Å²) in [5.41, 5.74) is 3.66. The molecule has 0 unspecified atom stereocenters. The van der Waals surface area contributed by atoms with Crippen molar-refractivity contribution in [3.8, 4) is 22.6 Å². The maximum Gasteiger partial charge on any atom is 0.136 e. The highest BCUT2D eigenvalue weighted by Crippen LogP contribution is 2.38. The molecule has 0 spiro atoms. The topological polar surface area (TPSA) is 52.1 Å². The number of hydrogen-bond acceptors (Lipinski definition) is 5. The lowest BCUT2D eigenvalue weighted by atomic mass is 9.88. The molecule has 1 aromatic carbocycles. The number of furan rings is 2. The molecule has 0 atom stereocenters. The third kappa shape index (κ3) is 3.10. The highest BCUT2D eigenvalue weighted by molar-refractivity contribution is 7.00. The number of benzene rings is 1. The molecule has 0 saturated carbocycles. The summed E-state index contributed by atoms with van der Waals surface area (Å²) in [7, 11) is 0. The van der Waals surface area contributed by atoms with E-state index in [1.165, 1.54) is 11.7 Å². The van der Waals surface area contributed by atoms with Gasteiger partial charge in [0.05, 0.1) is 11.7 Å². The van der Waals surface area contributed by atoms with Gasteiger partial charge in [-0.1, -0.05) is 34.6 Å². The molecule has 4 rings (SSSR count). The van der Waals surface area contributed by atoms with Crippen LogP contribution < -0.4 is 0 Å². The van der Waals surface area contributed by atoms with Gasteiger partial charge in [0, 0.05) is 22.5 Å². The van der Waals surface area contributed by atoms with Gasteiger partial charge in [-0.3, -0.25) is 0 Å². The second-order valence-electron chi connectivity index (χ2n) is 7.88. The van der Waals surface area contributed by atoms with E-state index >= 15 is 0 Å². The van der Waals surface area contributed by atoms with E-state index in [9.17, 15) is 0 Å². The number of rotatable bonds is 5. The Bertz CT molecular complexity index is 1080. The summed E-state index contributed by atoms with van der Waals surface area (Å²) in [6, 6.07) is 12.3. The highest BCUT2D eigenvalue weighted by Gasteiger charge is 2.24. The number of nitrogens with zero attached hydrogens (tertiary/aromatic N) is 2. The minimum atomic E-state index is 0.0129. The molecular formula is C22H24N2O2S. The summed E-state index contributed by atoms with van der Waals surface area (Å²) in [4.78, 5) is 0. The van der Waals surface area contributed by atoms with Gasteiger partial charge in [0.2, 0.25) is 0 Å². The molecule has 0 fully saturated rings. The molecule has 0 bridgehead atoms. The number of hydrogen-bond donors (Lipinski definition) is 0. The lowest BCUT2D eigenvalue weighted by Gasteiger charge is -2.19. The van der Waals surface area contributed by atoms with E-state index < -0.39 is 0 Å². The highest BCUT2D eigenvalue weighted by atomic mass is 32.1. The van der Waals surface area contributed by atoms with E-state index in [0.29, 0.717) is 5.92 Å². The number of aromatic nitrogens is 2. The minimum Gasteiger partial charge on any atom is -0.461 e. The molecule has 5 heteroatoms. The summed E-state index contributed by atoms with van der Waals surface area (Å²) in [6.07, 6.45) is 1.02. The maximum atomic E-state index is 6.20. The quantitative estimate of drug-likeness (QED) is 0.373. The van der Waals surface area contributed by atoms with E-state index in [-0.39, 0.29) is 5.41 Å². The van der Waals surface area contributed by atoms with Crippen LogP contribution >= 0.6 is 11.7 Å². The molecule has 0 aliphatic rings. The fourth-order valence-corrected chi connectivity index (χ4v) is 3.67. The predicted octanol–water partition coefficient (Wildman–Crippen LogP) is 7.02. The second-order valence-corrected chi connectivity index (χ2v) is 8.41. The van der Waals surface area contributed by atoms with Gasteiger partial charge in [-0.05, 0) is 42.8 Å². The molecular weight excluding hydrogens is 356 g/mol. The van der Waals surface area contributed by atoms with Gasteiger partial charge < -0.3 is 8.83 Å². The second kappa shape index (κ2) is 6.64. The van der Waals surface area contributed by atoms with Crippen molar-refractivity contribution in [2.75, 3.05) is 0 Å². The monoisotopic (exact) mass is 380 g/mol. The van der Waals surface area contributed by atoms with Crippen LogP contribution in [0.4, 0.5) is 0 Å². The van der Waals surface area contributed by atoms with Crippen molar-refractivity contribution < 1.29 is 8.83 Å². The zero-order chi connectivity index (χ0) is 19.2. The molecule has 0 amide bonds. The molecule has 3 heterocycles. The zero-order valence-corrected chi connectivity index (χ0v) is 17.2. The van der Waals surface area contributed by atoms with Gasteiger partial charge in [0.25, 0.3) is 0 Å². The standard InChI is InChI=1S/C22H24N2O2S/c1-6-22(4,5)19-12-11-18(26-19)15-8-7-14(20-21(15)24-27-23-20)17-10-9-16(25-17)13(2)3/h7-13H,6H2,1-5H3. The van der Waals surface area contributed by atoms with Crippen LogP contribution in [0.25, 0.3) is 33.7 Å². The summed E-state index contributed by atoms with van der Waals surface area (Å²) >= 11 is 1.22. The van der Waals surface area contributed by atoms with Crippen LogP contribution in [0.5, 0.6) is 0 Å². The largest absolute Gasteiger partial charge is 0.461 e. The Morgan fingerprint density at radius 1 is 0.889 bits per heavy atom. The molecule has 4 nitrogen and oxygen atoms in total. The van der Waals surface area contributed by atoms with E-state index in [1.807, 2.05) is 18.2 Å². The van der Waals surface area contributed by atoms with Crippen molar-refractivity contribution in [3.05, 3.63) is 47.9 Å². The van der Waals surface area contributed by atoms with Crippen LogP contribution in [0.3, 0.4) is 0 Å². The Morgan fingerprint density at radius 3 is 2.04 bits per heavy atom. The van der Waals surface area contributed by atoms with Crippen molar-refractivity contribution in [1.82, 2.24) is 8.75 Å². The van der Waals surface area contributed by atoms with Crippen molar-refractivity contribution in [3.63, 3.8) is 0 Å². The van der Waals surface area contributed by atoms with Gasteiger partial charge in [0.1, 0.15) is 34.1 Å². The Labute approximate surface area is 163 Å². The summed E-state index contributed by atoms with van der Waals surface area (Å²) in [5.74, 6) is 3.98. The maximum absolute atomic E-state index is 6.20. The Kier molecular flexibility index (Phi) is 4.42. The SMILES string of the molecule is CCC(C)(C)c1ccc(-c2ccc(-c3ccc(C(C)C)o3)c3nsnc23)o1. The summed E-state index contributed by atoms with van der Waals surface area (Å²) in [5, 5.41) is 0. The molecule has 0 aliphatic carbocycles. The Balaban J connectivity index is 1.80. The van der Waals surface area contributed by atoms with Crippen LogP contribution in [0.1, 0.15) is 58.5 Å². The average molecular weight is 381 g/mol. The molecule has 0 N–H and O–H groups in total. The van der Waals surface area contributed by atoms with Gasteiger partial charge >= 0.3 is 0 Å². The smallest absolute Gasteiger partial charge is 0.136 e. The third-order valence-electron chi connectivity index (χ3n) is 5.30. The van der Waals surface area contributed by atoms with Gasteiger partial charge in [0.15, 0.2) is 0 Å². The zero-order valence-electron chi connectivity index (χ0n) is 16.4. The molecule has 0 saturated heterocycles. The molecule has 3 aromatic heterocycles. The van der Waals surface area contributed by atoms with Crippen LogP contribution in [0.2, 0.25) is 0 Å². The molecule has 4 aromatic rings. The summed E-state index contributed by atoms with van der Waals surface area (Å²) < 4.78 is 21.3. The molecule has 27 heavy (non-hydrogen) atoms. The van der Waals surface area contributed by atoms with Crippen LogP contribution in [0.15, 0.2) is 45.2 Å². The molecule has 0 radical (unpaired) electrons. The first-order chi connectivity index (χ1) is 12.9. The van der Waals surface area contributed by atoms with Crippen molar-refractivity contribution >= 4 is 22.8 Å². The molecule has 0 aliphatic heterocycles. The Hall–Kier alpha value is -2.40. The van der Waals surface area contributed by atoms with Crippen LogP contribution in [0, 0.1) is 0 Å². The third-order valence-corrected chi connectivity index (χ3v) is 5.83. The van der Waals surface area contributed by atoms with E-state index in [1.54, 1.807) is 0 Å². The first-order valence-electron chi connectivity index (χ1n) is 9.36. The van der Waals surface area contributed by atoms with Crippen molar-refractivity contribution in [2.45, 2.75) is 52.4 Å². The average Bonchev–Trinajstić information content (AvgIpc) is 3.40. The predicted molar refractivity (Wildman–Crippen MR) is 110 cm³/mol. The van der Waals surface area contributed by atoms with Crippen molar-refractivity contribution in [2.24, 2.45) is 0 Å². The van der Waals surface area contributed by atoms with E-state index in [0.717, 1.165) is 51.6 Å². The van der Waals surface area contributed by atoms with Gasteiger partial charge in [-0.25, -0.2) is 0 Å². The lowest BCUT2D eigenvalue weighted by molar-refractivity contribution is 0.381. The first kappa shape index (κ1) is 18.0. The normalized spacial score (nSPS) is 12.4. The van der Waals surface area contributed by atoms with Crippen LogP contribution in [-0.4, -0.2) is 8.75 Å². The lowest BCUT2D eigenvalue weighted by Crippen LogP contribution is -2.13. The molecule has 140 valence electrons.